The summed E-state index contributed by atoms with van der Waals surface area (Å²) in [4.78, 5) is 10.9. The number of carbonyl (C=O) groups is 1. The molecule has 2 aromatic rings. The molecule has 220 valence electrons. The number of hydrogen-bond donors (Lipinski definition) is 1. The third-order valence-electron chi connectivity index (χ3n) is 5.50. The second-order valence-electron chi connectivity index (χ2n) is 8.62. The van der Waals surface area contributed by atoms with E-state index in [1.165, 1.54) is 35.1 Å². The molecule has 0 aliphatic carbocycles. The topological polar surface area (TPSA) is 29.1 Å². The highest BCUT2D eigenvalue weighted by Gasteiger charge is 2.10. The Kier molecular flexibility index (Phi) is 34.7. The quantitative estimate of drug-likeness (QED) is 0.351. The van der Waals surface area contributed by atoms with Crippen LogP contribution in [0.1, 0.15) is 137 Å². The fourth-order valence-corrected chi connectivity index (χ4v) is 3.25. The number of Topliss-reactive ketones (excluding diaryl/α,β-unsaturated/α-hetero) is 1. The number of nitrogens with one attached hydrogen (secondary N) is 1. The summed E-state index contributed by atoms with van der Waals surface area (Å²) in [6, 6.07) is 14.7. The Bertz CT molecular complexity index is 799. The number of benzene rings is 2. The van der Waals surface area contributed by atoms with Gasteiger partial charge >= 0.3 is 0 Å². The van der Waals surface area contributed by atoms with Gasteiger partial charge in [0.25, 0.3) is 0 Å². The summed E-state index contributed by atoms with van der Waals surface area (Å²) in [5.74, 6) is 0.707. The molecule has 2 heteroatoms. The zero-order valence-corrected chi connectivity index (χ0v) is 28.0. The lowest BCUT2D eigenvalue weighted by atomic mass is 9.95. The monoisotopic (exact) mass is 528 g/mol. The van der Waals surface area contributed by atoms with E-state index in [1.54, 1.807) is 6.92 Å². The summed E-state index contributed by atoms with van der Waals surface area (Å²) in [5.41, 5.74) is 6.96. The molecule has 0 unspecified atom stereocenters. The second-order valence-corrected chi connectivity index (χ2v) is 8.62. The molecule has 0 saturated carbocycles. The lowest BCUT2D eigenvalue weighted by Crippen LogP contribution is -2.09. The van der Waals surface area contributed by atoms with E-state index in [4.69, 9.17) is 0 Å². The van der Waals surface area contributed by atoms with Crippen molar-refractivity contribution < 1.29 is 4.79 Å². The molecule has 38 heavy (non-hydrogen) atoms. The average molecular weight is 528 g/mol. The van der Waals surface area contributed by atoms with Crippen molar-refractivity contribution in [2.45, 2.75) is 135 Å². The summed E-state index contributed by atoms with van der Waals surface area (Å²) < 4.78 is 0. The van der Waals surface area contributed by atoms with E-state index >= 15 is 0 Å². The molecule has 0 aromatic heterocycles. The van der Waals surface area contributed by atoms with Gasteiger partial charge in [-0.15, -0.1) is 0 Å². The van der Waals surface area contributed by atoms with Crippen LogP contribution in [0.4, 0.5) is 5.69 Å². The maximum atomic E-state index is 10.9. The molecule has 2 aromatic carbocycles. The van der Waals surface area contributed by atoms with E-state index in [9.17, 15) is 4.79 Å². The molecule has 0 spiro atoms. The highest BCUT2D eigenvalue weighted by atomic mass is 16.1. The van der Waals surface area contributed by atoms with Crippen LogP contribution >= 0.6 is 0 Å². The third-order valence-corrected chi connectivity index (χ3v) is 5.50. The minimum atomic E-state index is 0.343. The largest absolute Gasteiger partial charge is 0.355 e. The van der Waals surface area contributed by atoms with Gasteiger partial charge in [0.05, 0.1) is 0 Å². The summed E-state index contributed by atoms with van der Waals surface area (Å²) in [6.07, 6.45) is 7.04. The van der Waals surface area contributed by atoms with Gasteiger partial charge in [-0.3, -0.25) is 4.79 Å². The fourth-order valence-electron chi connectivity index (χ4n) is 3.25. The zero-order valence-electron chi connectivity index (χ0n) is 28.0. The molecule has 0 fully saturated rings. The number of anilines is 1. The average Bonchev–Trinajstić information content (AvgIpc) is 2.95. The fraction of sp³-hybridized carbons (Fsp3) is 0.583. The molecular formula is C36H65NO. The number of hydrogen-bond acceptors (Lipinski definition) is 2. The van der Waals surface area contributed by atoms with Gasteiger partial charge in [-0.2, -0.15) is 0 Å². The summed E-state index contributed by atoms with van der Waals surface area (Å²) in [5, 5.41) is 3.40. The Morgan fingerprint density at radius 2 is 1.21 bits per heavy atom. The molecule has 1 N–H and O–H groups in total. The van der Waals surface area contributed by atoms with Gasteiger partial charge in [-0.25, -0.2) is 0 Å². The van der Waals surface area contributed by atoms with Crippen LogP contribution in [-0.4, -0.2) is 5.78 Å². The van der Waals surface area contributed by atoms with Crippen molar-refractivity contribution in [2.75, 3.05) is 5.32 Å². The van der Waals surface area contributed by atoms with Crippen molar-refractivity contribution in [3.63, 3.8) is 0 Å². The summed E-state index contributed by atoms with van der Waals surface area (Å²) in [7, 11) is 0. The Balaban J connectivity index is -0.000000245. The van der Waals surface area contributed by atoms with Crippen molar-refractivity contribution in [3.8, 4) is 0 Å². The standard InChI is InChI=1S/C17H19N.C9H18O.C4H10.3C2H6/c1-12-9-10-13(2)16(11-12)15(4)18-17-8-6-5-7-14(17)3;1-4-6-9(7-5-2)8(3)10;1-3-4-2;3*1-2/h5-11,18H,4H2,1-3H3;9H,4-7H2,1-3H3;3-4H2,1-2H3;3*1-2H3. The van der Waals surface area contributed by atoms with E-state index in [2.05, 4.69) is 90.7 Å². The minimum absolute atomic E-state index is 0.343. The van der Waals surface area contributed by atoms with Crippen LogP contribution in [0.15, 0.2) is 49.0 Å². The Hall–Kier alpha value is -2.35. The highest BCUT2D eigenvalue weighted by Crippen LogP contribution is 2.23. The van der Waals surface area contributed by atoms with Crippen LogP contribution in [0.3, 0.4) is 0 Å². The van der Waals surface area contributed by atoms with Crippen molar-refractivity contribution in [1.29, 1.82) is 0 Å². The lowest BCUT2D eigenvalue weighted by molar-refractivity contribution is -0.121. The number of rotatable bonds is 9. The molecule has 0 bridgehead atoms. The first kappa shape index (κ1) is 42.7. The zero-order chi connectivity index (χ0) is 30.5. The Labute approximate surface area is 239 Å². The van der Waals surface area contributed by atoms with Crippen molar-refractivity contribution in [3.05, 3.63) is 71.3 Å². The molecule has 2 rings (SSSR count). The van der Waals surface area contributed by atoms with E-state index in [-0.39, 0.29) is 0 Å². The second kappa shape index (κ2) is 30.9. The molecule has 0 aliphatic rings. The number of carbonyl (C=O) groups excluding carboxylic acids is 1. The van der Waals surface area contributed by atoms with Crippen LogP contribution < -0.4 is 5.32 Å². The number of ketones is 1. The van der Waals surface area contributed by atoms with Gasteiger partial charge in [-0.05, 0) is 63.8 Å². The van der Waals surface area contributed by atoms with Crippen molar-refractivity contribution in [1.82, 2.24) is 0 Å². The Morgan fingerprint density at radius 1 is 0.737 bits per heavy atom. The predicted octanol–water partition coefficient (Wildman–Crippen LogP) is 12.4. The van der Waals surface area contributed by atoms with Crippen LogP contribution in [0.2, 0.25) is 0 Å². The highest BCUT2D eigenvalue weighted by molar-refractivity contribution is 5.78. The number of aryl methyl sites for hydroxylation is 3. The maximum absolute atomic E-state index is 10.9. The van der Waals surface area contributed by atoms with Crippen molar-refractivity contribution >= 4 is 17.2 Å². The Morgan fingerprint density at radius 3 is 1.61 bits per heavy atom. The molecule has 0 heterocycles. The predicted molar refractivity (Wildman–Crippen MR) is 178 cm³/mol. The van der Waals surface area contributed by atoms with E-state index in [1.807, 2.05) is 53.7 Å². The number of para-hydroxylation sites is 1. The minimum Gasteiger partial charge on any atom is -0.355 e. The van der Waals surface area contributed by atoms with Gasteiger partial charge < -0.3 is 5.32 Å². The van der Waals surface area contributed by atoms with Gasteiger partial charge in [0, 0.05) is 22.9 Å². The molecule has 0 saturated heterocycles. The van der Waals surface area contributed by atoms with Crippen LogP contribution in [0.5, 0.6) is 0 Å². The van der Waals surface area contributed by atoms with E-state index in [0.29, 0.717) is 11.7 Å². The normalized spacial score (nSPS) is 8.82. The lowest BCUT2D eigenvalue weighted by Gasteiger charge is -2.14. The third kappa shape index (κ3) is 21.7. The summed E-state index contributed by atoms with van der Waals surface area (Å²) >= 11 is 0. The molecule has 0 radical (unpaired) electrons. The van der Waals surface area contributed by atoms with Gasteiger partial charge in [0.2, 0.25) is 0 Å². The molecule has 2 nitrogen and oxygen atoms in total. The van der Waals surface area contributed by atoms with Gasteiger partial charge in [0.15, 0.2) is 0 Å². The SMILES string of the molecule is C=C(Nc1ccccc1C)c1cc(C)ccc1C.CC.CC.CC.CCCC.CCCC(CCC)C(C)=O. The van der Waals surface area contributed by atoms with E-state index in [0.717, 1.165) is 37.1 Å². The molecule has 0 aliphatic heterocycles. The van der Waals surface area contributed by atoms with Crippen LogP contribution in [-0.2, 0) is 4.79 Å². The first-order chi connectivity index (χ1) is 18.2. The maximum Gasteiger partial charge on any atom is 0.132 e. The first-order valence-corrected chi connectivity index (χ1v) is 15.3. The summed E-state index contributed by atoms with van der Waals surface area (Å²) in [6.45, 7) is 32.8. The molecule has 0 amide bonds. The van der Waals surface area contributed by atoms with Crippen molar-refractivity contribution in [2.24, 2.45) is 5.92 Å². The van der Waals surface area contributed by atoms with Gasteiger partial charge in [0.1, 0.15) is 5.78 Å². The molecular weight excluding hydrogens is 462 g/mol. The van der Waals surface area contributed by atoms with E-state index < -0.39 is 0 Å². The first-order valence-electron chi connectivity index (χ1n) is 15.3. The number of unbranched alkanes of at least 4 members (excludes halogenated alkanes) is 1. The van der Waals surface area contributed by atoms with Crippen LogP contribution in [0.25, 0.3) is 5.70 Å². The smallest absolute Gasteiger partial charge is 0.132 e. The van der Waals surface area contributed by atoms with Crippen LogP contribution in [0, 0.1) is 26.7 Å². The molecule has 0 atom stereocenters. The van der Waals surface area contributed by atoms with Gasteiger partial charge in [-0.1, -0.05) is 137 Å².